The van der Waals surface area contributed by atoms with Gasteiger partial charge in [0.2, 0.25) is 5.91 Å². The van der Waals surface area contributed by atoms with Crippen molar-refractivity contribution in [3.05, 3.63) is 0 Å². The van der Waals surface area contributed by atoms with Gasteiger partial charge in [0.15, 0.2) is 0 Å². The number of hydrogen-bond acceptors (Lipinski definition) is 3. The summed E-state index contributed by atoms with van der Waals surface area (Å²) >= 11 is 0. The first kappa shape index (κ1) is 11.9. The van der Waals surface area contributed by atoms with E-state index in [-0.39, 0.29) is 24.0 Å². The van der Waals surface area contributed by atoms with Crippen molar-refractivity contribution in [3.8, 4) is 0 Å². The predicted octanol–water partition coefficient (Wildman–Crippen LogP) is 0.690. The van der Waals surface area contributed by atoms with Crippen molar-refractivity contribution in [2.75, 3.05) is 20.3 Å². The zero-order chi connectivity index (χ0) is 11.6. The molecule has 1 saturated heterocycles. The first-order valence-corrected chi connectivity index (χ1v) is 6.11. The number of ether oxygens (including phenoxy) is 1. The van der Waals surface area contributed by atoms with Crippen molar-refractivity contribution >= 4 is 5.91 Å². The van der Waals surface area contributed by atoms with Crippen molar-refractivity contribution in [3.63, 3.8) is 0 Å². The van der Waals surface area contributed by atoms with E-state index in [4.69, 9.17) is 9.84 Å². The second kappa shape index (κ2) is 4.72. The van der Waals surface area contributed by atoms with E-state index in [1.807, 2.05) is 0 Å². The van der Waals surface area contributed by atoms with Crippen molar-refractivity contribution in [2.45, 2.75) is 37.6 Å². The van der Waals surface area contributed by atoms with Gasteiger partial charge in [-0.05, 0) is 38.0 Å². The monoisotopic (exact) mass is 227 g/mol. The molecule has 1 amide bonds. The maximum absolute atomic E-state index is 11.7. The Kier molecular flexibility index (Phi) is 3.50. The molecule has 2 N–H and O–H groups in total. The number of methoxy groups -OCH3 is 1. The number of carbonyl (C=O) groups is 1. The number of amides is 1. The van der Waals surface area contributed by atoms with E-state index in [9.17, 15) is 4.79 Å². The average Bonchev–Trinajstić information content (AvgIpc) is 2.57. The number of carbonyl (C=O) groups excluding carboxylic acids is 1. The number of aliphatic hydroxyl groups excluding tert-OH is 1. The molecular weight excluding hydrogens is 206 g/mol. The molecule has 0 radical (unpaired) electrons. The van der Waals surface area contributed by atoms with Gasteiger partial charge in [-0.15, -0.1) is 0 Å². The van der Waals surface area contributed by atoms with E-state index in [1.54, 1.807) is 7.11 Å². The maximum Gasteiger partial charge on any atom is 0.225 e. The Morgan fingerprint density at radius 3 is 2.75 bits per heavy atom. The number of hydrogen-bond donors (Lipinski definition) is 2. The van der Waals surface area contributed by atoms with Gasteiger partial charge in [-0.2, -0.15) is 0 Å². The van der Waals surface area contributed by atoms with Crippen molar-refractivity contribution in [1.82, 2.24) is 5.32 Å². The van der Waals surface area contributed by atoms with Gasteiger partial charge in [0.05, 0.1) is 12.5 Å². The minimum Gasteiger partial charge on any atom is -0.396 e. The third-order valence-corrected chi connectivity index (χ3v) is 4.08. The molecule has 2 aliphatic rings. The van der Waals surface area contributed by atoms with E-state index in [0.29, 0.717) is 12.5 Å². The van der Waals surface area contributed by atoms with Crippen molar-refractivity contribution in [2.24, 2.45) is 11.8 Å². The lowest BCUT2D eigenvalue weighted by atomic mass is 9.75. The fraction of sp³-hybridized carbons (Fsp3) is 0.917. The Labute approximate surface area is 96.4 Å². The summed E-state index contributed by atoms with van der Waals surface area (Å²) in [7, 11) is 1.64. The molecule has 16 heavy (non-hydrogen) atoms. The van der Waals surface area contributed by atoms with E-state index in [1.165, 1.54) is 0 Å². The molecule has 4 heteroatoms. The molecule has 0 aromatic heterocycles. The van der Waals surface area contributed by atoms with Gasteiger partial charge in [0.25, 0.3) is 0 Å². The molecule has 1 aliphatic heterocycles. The first-order chi connectivity index (χ1) is 7.69. The Morgan fingerprint density at radius 1 is 1.50 bits per heavy atom. The molecule has 4 nitrogen and oxygen atoms in total. The summed E-state index contributed by atoms with van der Waals surface area (Å²) < 4.78 is 5.07. The van der Waals surface area contributed by atoms with Crippen LogP contribution in [0.2, 0.25) is 0 Å². The van der Waals surface area contributed by atoms with Crippen molar-refractivity contribution < 1.29 is 14.6 Å². The summed E-state index contributed by atoms with van der Waals surface area (Å²) in [5.41, 5.74) is 0.00590. The summed E-state index contributed by atoms with van der Waals surface area (Å²) in [5, 5.41) is 12.3. The summed E-state index contributed by atoms with van der Waals surface area (Å²) in [6, 6.07) is 0. The van der Waals surface area contributed by atoms with Crippen LogP contribution in [0.1, 0.15) is 32.1 Å². The highest BCUT2D eigenvalue weighted by atomic mass is 16.5. The summed E-state index contributed by atoms with van der Waals surface area (Å²) in [6.07, 6.45) is 4.96. The van der Waals surface area contributed by atoms with Crippen LogP contribution in [0.5, 0.6) is 0 Å². The maximum atomic E-state index is 11.7. The normalized spacial score (nSPS) is 39.0. The van der Waals surface area contributed by atoms with E-state index in [2.05, 4.69) is 5.32 Å². The minimum atomic E-state index is 0.00590. The molecule has 1 unspecified atom stereocenters. The van der Waals surface area contributed by atoms with Crippen LogP contribution < -0.4 is 5.32 Å². The highest BCUT2D eigenvalue weighted by Crippen LogP contribution is 2.39. The number of nitrogens with one attached hydrogen (secondary N) is 1. The van der Waals surface area contributed by atoms with Crippen molar-refractivity contribution in [1.29, 1.82) is 0 Å². The molecule has 0 bridgehead atoms. The average molecular weight is 227 g/mol. The van der Waals surface area contributed by atoms with E-state index >= 15 is 0 Å². The summed E-state index contributed by atoms with van der Waals surface area (Å²) in [6.45, 7) is 0.808. The van der Waals surface area contributed by atoms with Gasteiger partial charge >= 0.3 is 0 Å². The van der Waals surface area contributed by atoms with Gasteiger partial charge < -0.3 is 15.2 Å². The smallest absolute Gasteiger partial charge is 0.225 e. The van der Waals surface area contributed by atoms with Gasteiger partial charge in [0.1, 0.15) is 0 Å². The first-order valence-electron chi connectivity index (χ1n) is 6.11. The molecule has 0 aromatic rings. The molecule has 2 rings (SSSR count). The van der Waals surface area contributed by atoms with E-state index in [0.717, 1.165) is 32.1 Å². The fourth-order valence-corrected chi connectivity index (χ4v) is 3.06. The Bertz CT molecular complexity index is 259. The standard InChI is InChI=1S/C12H21NO3/c1-16-8-10-6-12(13-11(10)15)4-2-9(7-14)3-5-12/h9-10,14H,2-8H2,1H3,(H,13,15)/t9-,10?,12-. The highest BCUT2D eigenvalue weighted by molar-refractivity contribution is 5.82. The lowest BCUT2D eigenvalue weighted by Gasteiger charge is -2.36. The second-order valence-electron chi connectivity index (χ2n) is 5.25. The largest absolute Gasteiger partial charge is 0.396 e. The number of rotatable bonds is 3. The van der Waals surface area contributed by atoms with Crippen LogP contribution in [0.4, 0.5) is 0 Å². The lowest BCUT2D eigenvalue weighted by Crippen LogP contribution is -2.44. The van der Waals surface area contributed by atoms with E-state index < -0.39 is 0 Å². The molecule has 2 fully saturated rings. The molecule has 1 heterocycles. The fourth-order valence-electron chi connectivity index (χ4n) is 3.06. The van der Waals surface area contributed by atoms with Gasteiger partial charge in [0, 0.05) is 19.3 Å². The Balaban J connectivity index is 1.94. The molecule has 1 saturated carbocycles. The topological polar surface area (TPSA) is 58.6 Å². The summed E-state index contributed by atoms with van der Waals surface area (Å²) in [4.78, 5) is 11.7. The minimum absolute atomic E-state index is 0.00590. The van der Waals surface area contributed by atoms with Crippen LogP contribution in [-0.2, 0) is 9.53 Å². The predicted molar refractivity (Wildman–Crippen MR) is 59.9 cm³/mol. The molecule has 1 aliphatic carbocycles. The second-order valence-corrected chi connectivity index (χ2v) is 5.25. The number of aliphatic hydroxyl groups is 1. The van der Waals surface area contributed by atoms with Crippen LogP contribution in [0.3, 0.4) is 0 Å². The zero-order valence-electron chi connectivity index (χ0n) is 9.87. The van der Waals surface area contributed by atoms with Gasteiger partial charge in [-0.3, -0.25) is 4.79 Å². The zero-order valence-corrected chi connectivity index (χ0v) is 9.87. The van der Waals surface area contributed by atoms with Crippen LogP contribution >= 0.6 is 0 Å². The molecule has 0 aromatic carbocycles. The van der Waals surface area contributed by atoms with Crippen LogP contribution in [-0.4, -0.2) is 36.9 Å². The van der Waals surface area contributed by atoms with Gasteiger partial charge in [-0.25, -0.2) is 0 Å². The van der Waals surface area contributed by atoms with Crippen LogP contribution in [0.25, 0.3) is 0 Å². The van der Waals surface area contributed by atoms with Crippen LogP contribution in [0.15, 0.2) is 0 Å². The molecule has 1 atom stereocenters. The SMILES string of the molecule is COCC1C[C@]2(CC[C@@H](CO)CC2)NC1=O. The van der Waals surface area contributed by atoms with Crippen LogP contribution in [0, 0.1) is 11.8 Å². The molecular formula is C12H21NO3. The summed E-state index contributed by atoms with van der Waals surface area (Å²) in [5.74, 6) is 0.601. The third-order valence-electron chi connectivity index (χ3n) is 4.08. The Morgan fingerprint density at radius 2 is 2.19 bits per heavy atom. The third kappa shape index (κ3) is 2.23. The molecule has 1 spiro atoms. The Hall–Kier alpha value is -0.610. The highest BCUT2D eigenvalue weighted by Gasteiger charge is 2.45. The lowest BCUT2D eigenvalue weighted by molar-refractivity contribution is -0.124. The van der Waals surface area contributed by atoms with Gasteiger partial charge in [-0.1, -0.05) is 0 Å². The quantitative estimate of drug-likeness (QED) is 0.746. The molecule has 92 valence electrons.